The number of rotatable bonds is 6. The molecule has 0 amide bonds. The second-order valence-electron chi connectivity index (χ2n) is 5.94. The maximum Gasteiger partial charge on any atom is 0.0593 e. The van der Waals surface area contributed by atoms with E-state index in [1.54, 1.807) is 0 Å². The molecule has 0 aromatic rings. The minimum atomic E-state index is 0.460. The maximum absolute atomic E-state index is 5.57. The monoisotopic (exact) mass is 254 g/mol. The molecule has 1 heterocycles. The van der Waals surface area contributed by atoms with Gasteiger partial charge < -0.3 is 10.1 Å². The molecule has 106 valence electrons. The van der Waals surface area contributed by atoms with Crippen molar-refractivity contribution in [2.24, 2.45) is 0 Å². The number of ether oxygens (including phenoxy) is 1. The highest BCUT2D eigenvalue weighted by atomic mass is 16.5. The first kappa shape index (κ1) is 14.3. The van der Waals surface area contributed by atoms with E-state index in [9.17, 15) is 0 Å². The van der Waals surface area contributed by atoms with Crippen LogP contribution in [0.4, 0.5) is 0 Å². The Morgan fingerprint density at radius 2 is 2.06 bits per heavy atom. The lowest BCUT2D eigenvalue weighted by Gasteiger charge is -2.48. The summed E-state index contributed by atoms with van der Waals surface area (Å²) < 4.78 is 5.57. The summed E-state index contributed by atoms with van der Waals surface area (Å²) in [6.45, 7) is 9.66. The number of hydrogen-bond donors (Lipinski definition) is 1. The molecule has 3 heteroatoms. The SMILES string of the molecule is CCCC1CN(CCOCC)C2(CCCC2)CN1. The third-order valence-electron chi connectivity index (χ3n) is 4.71. The van der Waals surface area contributed by atoms with Crippen LogP contribution in [0.1, 0.15) is 52.4 Å². The predicted molar refractivity (Wildman–Crippen MR) is 76.0 cm³/mol. The zero-order valence-corrected chi connectivity index (χ0v) is 12.2. The van der Waals surface area contributed by atoms with E-state index in [4.69, 9.17) is 4.74 Å². The molecule has 1 unspecified atom stereocenters. The van der Waals surface area contributed by atoms with Crippen LogP contribution in [-0.4, -0.2) is 49.3 Å². The molecule has 0 aromatic heterocycles. The van der Waals surface area contributed by atoms with Gasteiger partial charge in [-0.3, -0.25) is 4.90 Å². The Morgan fingerprint density at radius 1 is 1.28 bits per heavy atom. The summed E-state index contributed by atoms with van der Waals surface area (Å²) in [6, 6.07) is 0.697. The van der Waals surface area contributed by atoms with E-state index in [0.29, 0.717) is 11.6 Å². The molecular formula is C15H30N2O. The molecule has 1 saturated carbocycles. The highest BCUT2D eigenvalue weighted by Gasteiger charge is 2.42. The van der Waals surface area contributed by atoms with Gasteiger partial charge in [-0.15, -0.1) is 0 Å². The van der Waals surface area contributed by atoms with Crippen molar-refractivity contribution in [3.05, 3.63) is 0 Å². The van der Waals surface area contributed by atoms with Gasteiger partial charge in [-0.25, -0.2) is 0 Å². The third kappa shape index (κ3) is 3.25. The molecule has 1 aliphatic carbocycles. The summed E-state index contributed by atoms with van der Waals surface area (Å²) in [5.74, 6) is 0. The summed E-state index contributed by atoms with van der Waals surface area (Å²) >= 11 is 0. The Labute approximate surface area is 112 Å². The lowest BCUT2D eigenvalue weighted by molar-refractivity contribution is 0.0135. The molecule has 1 aliphatic heterocycles. The molecule has 0 bridgehead atoms. The van der Waals surface area contributed by atoms with Gasteiger partial charge in [0.25, 0.3) is 0 Å². The van der Waals surface area contributed by atoms with E-state index in [2.05, 4.69) is 24.1 Å². The lowest BCUT2D eigenvalue weighted by atomic mass is 9.90. The number of nitrogens with one attached hydrogen (secondary N) is 1. The Morgan fingerprint density at radius 3 is 2.72 bits per heavy atom. The summed E-state index contributed by atoms with van der Waals surface area (Å²) in [4.78, 5) is 2.74. The van der Waals surface area contributed by atoms with E-state index in [-0.39, 0.29) is 0 Å². The first-order valence-electron chi connectivity index (χ1n) is 7.87. The van der Waals surface area contributed by atoms with Crippen LogP contribution in [0.25, 0.3) is 0 Å². The standard InChI is InChI=1S/C15H30N2O/c1-3-7-14-12-17(10-11-18-4-2)15(13-16-14)8-5-6-9-15/h14,16H,3-13H2,1-2H3. The van der Waals surface area contributed by atoms with Crippen LogP contribution >= 0.6 is 0 Å². The van der Waals surface area contributed by atoms with Crippen molar-refractivity contribution < 1.29 is 4.74 Å². The van der Waals surface area contributed by atoms with Gasteiger partial charge in [0.1, 0.15) is 0 Å². The van der Waals surface area contributed by atoms with E-state index in [1.807, 2.05) is 0 Å². The van der Waals surface area contributed by atoms with E-state index >= 15 is 0 Å². The van der Waals surface area contributed by atoms with Gasteiger partial charge in [0.2, 0.25) is 0 Å². The summed E-state index contributed by atoms with van der Waals surface area (Å²) in [6.07, 6.45) is 8.16. The minimum absolute atomic E-state index is 0.460. The number of nitrogens with zero attached hydrogens (tertiary/aromatic N) is 1. The van der Waals surface area contributed by atoms with Crippen LogP contribution in [-0.2, 0) is 4.74 Å². The van der Waals surface area contributed by atoms with Crippen LogP contribution in [0.3, 0.4) is 0 Å². The van der Waals surface area contributed by atoms with Crippen molar-refractivity contribution in [1.82, 2.24) is 10.2 Å². The number of hydrogen-bond acceptors (Lipinski definition) is 3. The van der Waals surface area contributed by atoms with Crippen molar-refractivity contribution in [3.8, 4) is 0 Å². The molecule has 1 N–H and O–H groups in total. The van der Waals surface area contributed by atoms with Crippen molar-refractivity contribution in [3.63, 3.8) is 0 Å². The summed E-state index contributed by atoms with van der Waals surface area (Å²) in [5, 5.41) is 3.79. The van der Waals surface area contributed by atoms with Crippen LogP contribution in [0.5, 0.6) is 0 Å². The average molecular weight is 254 g/mol. The van der Waals surface area contributed by atoms with Crippen LogP contribution < -0.4 is 5.32 Å². The first-order chi connectivity index (χ1) is 8.80. The summed E-state index contributed by atoms with van der Waals surface area (Å²) in [7, 11) is 0. The van der Waals surface area contributed by atoms with Gasteiger partial charge in [-0.05, 0) is 26.2 Å². The molecule has 1 saturated heterocycles. The van der Waals surface area contributed by atoms with Crippen molar-refractivity contribution in [2.75, 3.05) is 32.8 Å². The largest absolute Gasteiger partial charge is 0.380 e. The van der Waals surface area contributed by atoms with E-state index < -0.39 is 0 Å². The second kappa shape index (κ2) is 6.88. The van der Waals surface area contributed by atoms with Crippen molar-refractivity contribution in [2.45, 2.75) is 64.0 Å². The van der Waals surface area contributed by atoms with Crippen LogP contribution in [0.2, 0.25) is 0 Å². The van der Waals surface area contributed by atoms with Crippen molar-refractivity contribution in [1.29, 1.82) is 0 Å². The molecule has 18 heavy (non-hydrogen) atoms. The highest BCUT2D eigenvalue weighted by Crippen LogP contribution is 2.37. The maximum atomic E-state index is 5.57. The van der Waals surface area contributed by atoms with E-state index in [1.165, 1.54) is 51.6 Å². The molecule has 2 aliphatic rings. The molecule has 1 spiro atoms. The average Bonchev–Trinajstić information content (AvgIpc) is 2.84. The molecule has 0 radical (unpaired) electrons. The molecule has 1 atom stereocenters. The molecule has 3 nitrogen and oxygen atoms in total. The Balaban J connectivity index is 1.92. The zero-order chi connectivity index (χ0) is 12.8. The fourth-order valence-corrected chi connectivity index (χ4v) is 3.69. The van der Waals surface area contributed by atoms with Gasteiger partial charge in [0.05, 0.1) is 6.61 Å². The molecular weight excluding hydrogens is 224 g/mol. The Hall–Kier alpha value is -0.120. The Kier molecular flexibility index (Phi) is 5.46. The zero-order valence-electron chi connectivity index (χ0n) is 12.2. The van der Waals surface area contributed by atoms with E-state index in [0.717, 1.165) is 19.8 Å². The third-order valence-corrected chi connectivity index (χ3v) is 4.71. The van der Waals surface area contributed by atoms with Gasteiger partial charge >= 0.3 is 0 Å². The van der Waals surface area contributed by atoms with Gasteiger partial charge in [-0.1, -0.05) is 26.2 Å². The fraction of sp³-hybridized carbons (Fsp3) is 1.00. The molecule has 2 rings (SSSR count). The first-order valence-corrected chi connectivity index (χ1v) is 7.87. The Bertz CT molecular complexity index is 239. The fourth-order valence-electron chi connectivity index (χ4n) is 3.69. The van der Waals surface area contributed by atoms with Gasteiger partial charge in [-0.2, -0.15) is 0 Å². The summed E-state index contributed by atoms with van der Waals surface area (Å²) in [5.41, 5.74) is 0.460. The van der Waals surface area contributed by atoms with Crippen LogP contribution in [0.15, 0.2) is 0 Å². The molecule has 2 fully saturated rings. The minimum Gasteiger partial charge on any atom is -0.380 e. The lowest BCUT2D eigenvalue weighted by Crippen LogP contribution is -2.64. The topological polar surface area (TPSA) is 24.5 Å². The number of piperazine rings is 1. The predicted octanol–water partition coefficient (Wildman–Crippen LogP) is 2.41. The molecule has 0 aromatic carbocycles. The highest BCUT2D eigenvalue weighted by molar-refractivity contribution is 5.01. The van der Waals surface area contributed by atoms with Gasteiger partial charge in [0.15, 0.2) is 0 Å². The quantitative estimate of drug-likeness (QED) is 0.737. The smallest absolute Gasteiger partial charge is 0.0593 e. The van der Waals surface area contributed by atoms with Gasteiger partial charge in [0, 0.05) is 37.8 Å². The second-order valence-corrected chi connectivity index (χ2v) is 5.94. The van der Waals surface area contributed by atoms with Crippen LogP contribution in [0, 0.1) is 0 Å². The normalized spacial score (nSPS) is 28.0. The van der Waals surface area contributed by atoms with Crippen molar-refractivity contribution >= 4 is 0 Å².